The van der Waals surface area contributed by atoms with E-state index < -0.39 is 0 Å². The highest BCUT2D eigenvalue weighted by Gasteiger charge is 2.20. The van der Waals surface area contributed by atoms with Crippen molar-refractivity contribution in [1.29, 1.82) is 0 Å². The number of carbonyl (C=O) groups is 1. The third-order valence-electron chi connectivity index (χ3n) is 2.61. The Morgan fingerprint density at radius 3 is 2.60 bits per heavy atom. The van der Waals surface area contributed by atoms with Crippen molar-refractivity contribution in [1.82, 2.24) is 25.1 Å². The Hall–Kier alpha value is -2.09. The smallest absolute Gasteiger partial charge is 0.235 e. The molecule has 0 aliphatic carbocycles. The number of aromatic nitrogens is 4. The minimum atomic E-state index is -0.285. The summed E-state index contributed by atoms with van der Waals surface area (Å²) in [5.74, 6) is 0.169. The van der Waals surface area contributed by atoms with Crippen molar-refractivity contribution in [2.45, 2.75) is 17.3 Å². The normalized spacial score (nSPS) is 12.2. The monoisotopic (exact) mass is 293 g/mol. The molecule has 1 aromatic heterocycles. The van der Waals surface area contributed by atoms with E-state index in [4.69, 9.17) is 0 Å². The molecule has 0 aliphatic rings. The summed E-state index contributed by atoms with van der Waals surface area (Å²) in [7, 11) is 3.42. The van der Waals surface area contributed by atoms with Crippen molar-refractivity contribution in [3.63, 3.8) is 0 Å². The van der Waals surface area contributed by atoms with Crippen molar-refractivity contribution in [3.8, 4) is 11.4 Å². The molecule has 106 valence electrons. The first-order valence-electron chi connectivity index (χ1n) is 5.94. The molecule has 1 amide bonds. The molecule has 0 fully saturated rings. The first-order valence-corrected chi connectivity index (χ1v) is 6.82. The van der Waals surface area contributed by atoms with Gasteiger partial charge in [0.15, 0.2) is 0 Å². The Labute approximate surface area is 120 Å². The maximum Gasteiger partial charge on any atom is 0.235 e. The Balaban J connectivity index is 2.21. The van der Waals surface area contributed by atoms with Gasteiger partial charge < -0.3 is 10.0 Å². The molecule has 1 atom stereocenters. The van der Waals surface area contributed by atoms with Gasteiger partial charge in [-0.25, -0.2) is 0 Å². The van der Waals surface area contributed by atoms with E-state index in [1.54, 1.807) is 38.4 Å². The molecule has 1 unspecified atom stereocenters. The molecule has 8 heteroatoms. The van der Waals surface area contributed by atoms with Crippen LogP contribution in [0.3, 0.4) is 0 Å². The molecule has 0 aliphatic heterocycles. The predicted molar refractivity (Wildman–Crippen MR) is 74.8 cm³/mol. The van der Waals surface area contributed by atoms with Crippen molar-refractivity contribution in [2.24, 2.45) is 0 Å². The number of thioether (sulfide) groups is 1. The first kappa shape index (κ1) is 14.3. The molecular formula is C12H15N5O2S. The zero-order chi connectivity index (χ0) is 14.7. The summed E-state index contributed by atoms with van der Waals surface area (Å²) in [5.41, 5.74) is 0.722. The lowest BCUT2D eigenvalue weighted by molar-refractivity contribution is -0.127. The molecular weight excluding hydrogens is 278 g/mol. The highest BCUT2D eigenvalue weighted by atomic mass is 32.2. The molecule has 1 N–H and O–H groups in total. The Morgan fingerprint density at radius 1 is 1.35 bits per heavy atom. The summed E-state index contributed by atoms with van der Waals surface area (Å²) in [6.45, 7) is 1.81. The van der Waals surface area contributed by atoms with Crippen molar-refractivity contribution in [3.05, 3.63) is 24.3 Å². The number of amides is 1. The van der Waals surface area contributed by atoms with Gasteiger partial charge in [0.2, 0.25) is 11.1 Å². The van der Waals surface area contributed by atoms with Crippen molar-refractivity contribution < 1.29 is 9.90 Å². The number of tetrazole rings is 1. The molecule has 1 aromatic carbocycles. The van der Waals surface area contributed by atoms with Crippen LogP contribution in [0.4, 0.5) is 0 Å². The number of phenolic OH excluding ortho intramolecular Hbond substituents is 1. The summed E-state index contributed by atoms with van der Waals surface area (Å²) in [4.78, 5) is 13.4. The summed E-state index contributed by atoms with van der Waals surface area (Å²) >= 11 is 1.29. The maximum absolute atomic E-state index is 11.9. The van der Waals surface area contributed by atoms with E-state index in [0.29, 0.717) is 5.16 Å². The number of rotatable bonds is 4. The fourth-order valence-electron chi connectivity index (χ4n) is 1.58. The van der Waals surface area contributed by atoms with E-state index in [-0.39, 0.29) is 16.9 Å². The number of nitrogens with zero attached hydrogens (tertiary/aromatic N) is 5. The lowest BCUT2D eigenvalue weighted by Gasteiger charge is -2.15. The molecule has 0 spiro atoms. The molecule has 2 aromatic rings. The Kier molecular flexibility index (Phi) is 4.23. The summed E-state index contributed by atoms with van der Waals surface area (Å²) in [6, 6.07) is 6.52. The van der Waals surface area contributed by atoms with E-state index in [2.05, 4.69) is 15.5 Å². The van der Waals surface area contributed by atoms with E-state index in [1.165, 1.54) is 21.3 Å². The van der Waals surface area contributed by atoms with Crippen LogP contribution >= 0.6 is 11.8 Å². The predicted octanol–water partition coefficient (Wildman–Crippen LogP) is 0.937. The molecule has 0 saturated carbocycles. The van der Waals surface area contributed by atoms with Crippen LogP contribution in [-0.4, -0.2) is 55.5 Å². The SMILES string of the molecule is CC(Sc1nnnn1-c1ccc(O)cc1)C(=O)N(C)C. The van der Waals surface area contributed by atoms with E-state index >= 15 is 0 Å². The van der Waals surface area contributed by atoms with Gasteiger partial charge in [0, 0.05) is 14.1 Å². The molecule has 7 nitrogen and oxygen atoms in total. The van der Waals surface area contributed by atoms with Gasteiger partial charge in [0.1, 0.15) is 5.75 Å². The van der Waals surface area contributed by atoms with Crippen molar-refractivity contribution >= 4 is 17.7 Å². The minimum Gasteiger partial charge on any atom is -0.508 e. The number of aromatic hydroxyl groups is 1. The second kappa shape index (κ2) is 5.91. The van der Waals surface area contributed by atoms with Gasteiger partial charge >= 0.3 is 0 Å². The number of phenols is 1. The van der Waals surface area contributed by atoms with Gasteiger partial charge in [-0.3, -0.25) is 4.79 Å². The molecule has 0 saturated heterocycles. The van der Waals surface area contributed by atoms with E-state index in [0.717, 1.165) is 5.69 Å². The number of carbonyl (C=O) groups excluding carboxylic acids is 1. The Bertz CT molecular complexity index is 596. The second-order valence-electron chi connectivity index (χ2n) is 4.38. The second-order valence-corrected chi connectivity index (χ2v) is 5.69. The van der Waals surface area contributed by atoms with E-state index in [9.17, 15) is 9.90 Å². The van der Waals surface area contributed by atoms with E-state index in [1.807, 2.05) is 6.92 Å². The van der Waals surface area contributed by atoms with Crippen LogP contribution in [0.5, 0.6) is 5.75 Å². The Morgan fingerprint density at radius 2 is 2.00 bits per heavy atom. The van der Waals surface area contributed by atoms with Gasteiger partial charge in [-0.05, 0) is 41.6 Å². The highest BCUT2D eigenvalue weighted by molar-refractivity contribution is 8.00. The van der Waals surface area contributed by atoms with Gasteiger partial charge in [0.05, 0.1) is 10.9 Å². The lowest BCUT2D eigenvalue weighted by atomic mass is 10.3. The number of hydrogen-bond acceptors (Lipinski definition) is 6. The van der Waals surface area contributed by atoms with Gasteiger partial charge in [-0.15, -0.1) is 5.10 Å². The fourth-order valence-corrected chi connectivity index (χ4v) is 2.53. The van der Waals surface area contributed by atoms with Crippen LogP contribution in [0.1, 0.15) is 6.92 Å². The summed E-state index contributed by atoms with van der Waals surface area (Å²) in [6.07, 6.45) is 0. The molecule has 2 rings (SSSR count). The largest absolute Gasteiger partial charge is 0.508 e. The average Bonchev–Trinajstić information content (AvgIpc) is 2.86. The summed E-state index contributed by atoms with van der Waals surface area (Å²) < 4.78 is 1.53. The minimum absolute atomic E-state index is 0.00439. The zero-order valence-electron chi connectivity index (χ0n) is 11.4. The van der Waals surface area contributed by atoms with Crippen LogP contribution in [0.15, 0.2) is 29.4 Å². The summed E-state index contributed by atoms with van der Waals surface area (Å²) in [5, 5.41) is 21.0. The maximum atomic E-state index is 11.9. The third-order valence-corrected chi connectivity index (χ3v) is 3.63. The molecule has 20 heavy (non-hydrogen) atoms. The van der Waals surface area contributed by atoms with Crippen LogP contribution < -0.4 is 0 Å². The van der Waals surface area contributed by atoms with Gasteiger partial charge in [-0.1, -0.05) is 11.8 Å². The van der Waals surface area contributed by atoms with Gasteiger partial charge in [-0.2, -0.15) is 4.68 Å². The molecule has 0 radical (unpaired) electrons. The van der Waals surface area contributed by atoms with Gasteiger partial charge in [0.25, 0.3) is 0 Å². The zero-order valence-corrected chi connectivity index (χ0v) is 12.2. The van der Waals surface area contributed by atoms with Crippen LogP contribution in [-0.2, 0) is 4.79 Å². The molecule has 0 bridgehead atoms. The molecule has 1 heterocycles. The average molecular weight is 293 g/mol. The lowest BCUT2D eigenvalue weighted by Crippen LogP contribution is -2.29. The van der Waals surface area contributed by atoms with Crippen LogP contribution in [0.25, 0.3) is 5.69 Å². The number of benzene rings is 1. The highest BCUT2D eigenvalue weighted by Crippen LogP contribution is 2.24. The van der Waals surface area contributed by atoms with Crippen LogP contribution in [0.2, 0.25) is 0 Å². The number of hydrogen-bond donors (Lipinski definition) is 1. The van der Waals surface area contributed by atoms with Crippen LogP contribution in [0, 0.1) is 0 Å². The topological polar surface area (TPSA) is 84.1 Å². The standard InChI is InChI=1S/C12H15N5O2S/c1-8(11(19)16(2)3)20-12-13-14-15-17(12)9-4-6-10(18)7-5-9/h4-8,18H,1-3H3. The third kappa shape index (κ3) is 3.08. The quantitative estimate of drug-likeness (QED) is 0.844. The fraction of sp³-hybridized carbons (Fsp3) is 0.333. The first-order chi connectivity index (χ1) is 9.49. The van der Waals surface area contributed by atoms with Crippen molar-refractivity contribution in [2.75, 3.05) is 14.1 Å².